The smallest absolute Gasteiger partial charge is 0.336 e. The number of benzene rings is 1. The molecule has 0 aliphatic heterocycles. The minimum absolute atomic E-state index is 0.0564. The molecule has 0 aliphatic carbocycles. The number of fused-ring (bicyclic) bond motifs is 1. The van der Waals surface area contributed by atoms with Crippen molar-refractivity contribution in [2.24, 2.45) is 0 Å². The number of hydrogen-bond donors (Lipinski definition) is 0. The molecular formula is C17H13NO4. The van der Waals surface area contributed by atoms with Gasteiger partial charge in [0.15, 0.2) is 5.78 Å². The molecule has 0 N–H and O–H groups in total. The maximum absolute atomic E-state index is 11.9. The molecule has 0 aliphatic rings. The highest BCUT2D eigenvalue weighted by molar-refractivity contribution is 5.82. The third kappa shape index (κ3) is 3.38. The van der Waals surface area contributed by atoms with Gasteiger partial charge in [0.1, 0.15) is 17.9 Å². The second-order valence-corrected chi connectivity index (χ2v) is 4.78. The normalized spacial score (nSPS) is 10.5. The van der Waals surface area contributed by atoms with Crippen LogP contribution >= 0.6 is 0 Å². The first-order valence-electron chi connectivity index (χ1n) is 6.79. The average Bonchev–Trinajstić information content (AvgIpc) is 2.53. The lowest BCUT2D eigenvalue weighted by atomic mass is 10.2. The predicted octanol–water partition coefficient (Wildman–Crippen LogP) is 2.38. The van der Waals surface area contributed by atoms with Gasteiger partial charge in [0.05, 0.1) is 6.42 Å². The number of Topliss-reactive ketones (excluding diaryl/α,β-unsaturated/α-hetero) is 1. The first-order valence-corrected chi connectivity index (χ1v) is 6.79. The fourth-order valence-corrected chi connectivity index (χ4v) is 2.05. The second kappa shape index (κ2) is 6.22. The lowest BCUT2D eigenvalue weighted by Gasteiger charge is -2.06. The van der Waals surface area contributed by atoms with Crippen molar-refractivity contribution in [1.29, 1.82) is 0 Å². The van der Waals surface area contributed by atoms with Crippen molar-refractivity contribution < 1.29 is 13.9 Å². The van der Waals surface area contributed by atoms with Crippen molar-refractivity contribution >= 4 is 16.8 Å². The van der Waals surface area contributed by atoms with Crippen LogP contribution in [0.2, 0.25) is 0 Å². The topological polar surface area (TPSA) is 69.4 Å². The van der Waals surface area contributed by atoms with Gasteiger partial charge in [-0.05, 0) is 30.3 Å². The molecule has 3 rings (SSSR count). The molecule has 22 heavy (non-hydrogen) atoms. The van der Waals surface area contributed by atoms with Gasteiger partial charge in [-0.25, -0.2) is 4.79 Å². The highest BCUT2D eigenvalue weighted by Crippen LogP contribution is 2.19. The Kier molecular flexibility index (Phi) is 3.96. The fraction of sp³-hybridized carbons (Fsp3) is 0.118. The van der Waals surface area contributed by atoms with E-state index in [0.29, 0.717) is 17.0 Å². The van der Waals surface area contributed by atoms with Crippen molar-refractivity contribution in [3.63, 3.8) is 0 Å². The standard InChI is InChI=1S/C17H13NO4/c19-14(9-13-3-1-2-8-18-13)11-21-15-6-4-12-5-7-17(20)22-16(12)10-15/h1-8,10H,9,11H2. The van der Waals surface area contributed by atoms with Crippen molar-refractivity contribution in [2.75, 3.05) is 6.61 Å². The highest BCUT2D eigenvalue weighted by Gasteiger charge is 2.07. The number of aromatic nitrogens is 1. The molecule has 110 valence electrons. The molecule has 1 aromatic carbocycles. The molecule has 0 saturated heterocycles. The minimum Gasteiger partial charge on any atom is -0.486 e. The first kappa shape index (κ1) is 14.0. The van der Waals surface area contributed by atoms with E-state index in [1.54, 1.807) is 42.6 Å². The van der Waals surface area contributed by atoms with Crippen molar-refractivity contribution in [2.45, 2.75) is 6.42 Å². The molecule has 0 atom stereocenters. The van der Waals surface area contributed by atoms with Crippen LogP contribution in [0.15, 0.2) is 63.9 Å². The second-order valence-electron chi connectivity index (χ2n) is 4.78. The number of carbonyl (C=O) groups is 1. The molecule has 0 unspecified atom stereocenters. The number of rotatable bonds is 5. The van der Waals surface area contributed by atoms with E-state index < -0.39 is 5.63 Å². The summed E-state index contributed by atoms with van der Waals surface area (Å²) in [6, 6.07) is 13.6. The van der Waals surface area contributed by atoms with E-state index in [9.17, 15) is 9.59 Å². The van der Waals surface area contributed by atoms with E-state index >= 15 is 0 Å². The molecular weight excluding hydrogens is 282 g/mol. The Balaban J connectivity index is 1.66. The summed E-state index contributed by atoms with van der Waals surface area (Å²) < 4.78 is 10.5. The molecule has 0 amide bonds. The van der Waals surface area contributed by atoms with Crippen molar-refractivity contribution in [3.05, 3.63) is 70.8 Å². The van der Waals surface area contributed by atoms with Gasteiger partial charge in [-0.3, -0.25) is 9.78 Å². The third-order valence-electron chi connectivity index (χ3n) is 3.10. The van der Waals surface area contributed by atoms with Crippen LogP contribution in [0.4, 0.5) is 0 Å². The number of hydrogen-bond acceptors (Lipinski definition) is 5. The summed E-state index contributed by atoms with van der Waals surface area (Å²) in [6.45, 7) is -0.0564. The third-order valence-corrected chi connectivity index (χ3v) is 3.10. The van der Waals surface area contributed by atoms with E-state index in [4.69, 9.17) is 9.15 Å². The minimum atomic E-state index is -0.420. The zero-order valence-electron chi connectivity index (χ0n) is 11.7. The SMILES string of the molecule is O=C(COc1ccc2ccc(=O)oc2c1)Cc1ccccn1. The average molecular weight is 295 g/mol. The number of carbonyl (C=O) groups excluding carboxylic acids is 1. The van der Waals surface area contributed by atoms with Gasteiger partial charge in [0, 0.05) is 29.4 Å². The largest absolute Gasteiger partial charge is 0.486 e. The van der Waals surface area contributed by atoms with E-state index in [0.717, 1.165) is 5.39 Å². The summed E-state index contributed by atoms with van der Waals surface area (Å²) in [5, 5.41) is 0.798. The Morgan fingerprint density at radius 1 is 1.14 bits per heavy atom. The van der Waals surface area contributed by atoms with E-state index in [1.165, 1.54) is 6.07 Å². The van der Waals surface area contributed by atoms with Gasteiger partial charge in [0.2, 0.25) is 0 Å². The Bertz CT molecular complexity index is 855. The van der Waals surface area contributed by atoms with Gasteiger partial charge in [0.25, 0.3) is 0 Å². The van der Waals surface area contributed by atoms with Crippen LogP contribution < -0.4 is 10.4 Å². The maximum atomic E-state index is 11.9. The Hall–Kier alpha value is -2.95. The van der Waals surface area contributed by atoms with Crippen LogP contribution in [0, 0.1) is 0 Å². The summed E-state index contributed by atoms with van der Waals surface area (Å²) in [7, 11) is 0. The lowest BCUT2D eigenvalue weighted by Crippen LogP contribution is -2.14. The van der Waals surface area contributed by atoms with Gasteiger partial charge in [-0.15, -0.1) is 0 Å². The molecule has 2 aromatic heterocycles. The van der Waals surface area contributed by atoms with Gasteiger partial charge in [-0.1, -0.05) is 6.07 Å². The van der Waals surface area contributed by atoms with Crippen molar-refractivity contribution in [1.82, 2.24) is 4.98 Å². The Morgan fingerprint density at radius 2 is 2.00 bits per heavy atom. The van der Waals surface area contributed by atoms with Crippen LogP contribution in [0.25, 0.3) is 11.0 Å². The summed E-state index contributed by atoms with van der Waals surface area (Å²) in [4.78, 5) is 27.2. The molecule has 0 bridgehead atoms. The summed E-state index contributed by atoms with van der Waals surface area (Å²) in [5.74, 6) is 0.407. The van der Waals surface area contributed by atoms with E-state index in [1.807, 2.05) is 6.07 Å². The first-order chi connectivity index (χ1) is 10.7. The predicted molar refractivity (Wildman–Crippen MR) is 80.9 cm³/mol. The molecule has 3 aromatic rings. The van der Waals surface area contributed by atoms with Gasteiger partial charge < -0.3 is 9.15 Å². The van der Waals surface area contributed by atoms with Crippen LogP contribution in [0.1, 0.15) is 5.69 Å². The highest BCUT2D eigenvalue weighted by atomic mass is 16.5. The Labute approximate surface area is 126 Å². The number of nitrogens with zero attached hydrogens (tertiary/aromatic N) is 1. The number of pyridine rings is 1. The van der Waals surface area contributed by atoms with Crippen LogP contribution in [-0.4, -0.2) is 17.4 Å². The summed E-state index contributed by atoms with van der Waals surface area (Å²) in [6.07, 6.45) is 1.87. The van der Waals surface area contributed by atoms with Crippen molar-refractivity contribution in [3.8, 4) is 5.75 Å². The molecule has 0 saturated carbocycles. The van der Waals surface area contributed by atoms with Gasteiger partial charge >= 0.3 is 5.63 Å². The number of ether oxygens (including phenoxy) is 1. The lowest BCUT2D eigenvalue weighted by molar-refractivity contribution is -0.120. The molecule has 2 heterocycles. The molecule has 0 fully saturated rings. The van der Waals surface area contributed by atoms with E-state index in [-0.39, 0.29) is 18.8 Å². The summed E-state index contributed by atoms with van der Waals surface area (Å²) in [5.41, 5.74) is 0.721. The molecule has 0 spiro atoms. The van der Waals surface area contributed by atoms with Crippen LogP contribution in [-0.2, 0) is 11.2 Å². The monoisotopic (exact) mass is 295 g/mol. The quantitative estimate of drug-likeness (QED) is 0.676. The molecule has 5 heteroatoms. The van der Waals surface area contributed by atoms with Crippen LogP contribution in [0.5, 0.6) is 5.75 Å². The fourth-order valence-electron chi connectivity index (χ4n) is 2.05. The molecule has 0 radical (unpaired) electrons. The van der Waals surface area contributed by atoms with Gasteiger partial charge in [-0.2, -0.15) is 0 Å². The molecule has 5 nitrogen and oxygen atoms in total. The van der Waals surface area contributed by atoms with Crippen LogP contribution in [0.3, 0.4) is 0 Å². The van der Waals surface area contributed by atoms with E-state index in [2.05, 4.69) is 4.98 Å². The zero-order chi connectivity index (χ0) is 15.4. The maximum Gasteiger partial charge on any atom is 0.336 e. The Morgan fingerprint density at radius 3 is 2.82 bits per heavy atom. The summed E-state index contributed by atoms with van der Waals surface area (Å²) >= 11 is 0. The zero-order valence-corrected chi connectivity index (χ0v) is 11.7. The number of ketones is 1.